The number of halogens is 2. The molecule has 0 fully saturated rings. The maximum atomic E-state index is 14.7. The lowest BCUT2D eigenvalue weighted by molar-refractivity contribution is -0.384. The molecule has 0 saturated carbocycles. The van der Waals surface area contributed by atoms with Crippen LogP contribution in [0.25, 0.3) is 11.3 Å². The number of furan rings is 1. The molecule has 1 aromatic heterocycles. The second-order valence-corrected chi connectivity index (χ2v) is 9.50. The van der Waals surface area contributed by atoms with E-state index in [-0.39, 0.29) is 30.2 Å². The molecule has 1 amide bonds. The van der Waals surface area contributed by atoms with E-state index in [1.807, 2.05) is 0 Å². The van der Waals surface area contributed by atoms with Gasteiger partial charge in [-0.15, -0.1) is 0 Å². The molecule has 0 aliphatic rings. The molecule has 0 radical (unpaired) electrons. The predicted octanol–water partition coefficient (Wildman–Crippen LogP) is 6.43. The van der Waals surface area contributed by atoms with Crippen LogP contribution >= 0.6 is 0 Å². The minimum atomic E-state index is -1.15. The van der Waals surface area contributed by atoms with Crippen molar-refractivity contribution in [2.45, 2.75) is 46.8 Å². The number of anilines is 1. The Labute approximate surface area is 233 Å². The van der Waals surface area contributed by atoms with Crippen LogP contribution in [0.2, 0.25) is 0 Å². The smallest absolute Gasteiger partial charge is 0.416 e. The van der Waals surface area contributed by atoms with E-state index in [2.05, 4.69) is 0 Å². The number of non-ortho nitro benzene ring substituents is 1. The number of hydrogen-bond acceptors (Lipinski definition) is 9. The molecule has 3 rings (SSSR count). The zero-order valence-electron chi connectivity index (χ0n) is 23.0. The summed E-state index contributed by atoms with van der Waals surface area (Å²) in [4.78, 5) is 51.2. The molecule has 0 aliphatic heterocycles. The van der Waals surface area contributed by atoms with Gasteiger partial charge in [0, 0.05) is 23.3 Å². The van der Waals surface area contributed by atoms with Gasteiger partial charge in [-0.05, 0) is 58.9 Å². The van der Waals surface area contributed by atoms with E-state index in [1.54, 1.807) is 20.8 Å². The van der Waals surface area contributed by atoms with Crippen LogP contribution in [-0.2, 0) is 20.8 Å². The first-order chi connectivity index (χ1) is 19.3. The summed E-state index contributed by atoms with van der Waals surface area (Å²) in [6.07, 6.45) is -1.15. The van der Waals surface area contributed by atoms with Gasteiger partial charge in [0.05, 0.1) is 24.7 Å². The van der Waals surface area contributed by atoms with Crippen molar-refractivity contribution in [3.8, 4) is 11.3 Å². The molecule has 218 valence electrons. The van der Waals surface area contributed by atoms with Gasteiger partial charge in [-0.2, -0.15) is 0 Å². The number of ether oxygens (including phenoxy) is 3. The molecular weight excluding hydrogens is 546 g/mol. The molecular formula is C28H28F2N2O9. The zero-order chi connectivity index (χ0) is 30.5. The van der Waals surface area contributed by atoms with Gasteiger partial charge in [-0.25, -0.2) is 28.1 Å². The standard InChI is InChI=1S/C28H28F2N2O9/c1-6-38-25(33)21-22(26(34)41-28(3,4)5)24(40-23(21)16-11-13-17(14-12-16)32(36)37)31(27(35)39-7-2)15-18-19(29)9-8-10-20(18)30/h8-14H,6-7,15H2,1-5H3. The molecule has 0 saturated heterocycles. The topological polar surface area (TPSA) is 138 Å². The third-order valence-electron chi connectivity index (χ3n) is 5.42. The average Bonchev–Trinajstić information content (AvgIpc) is 3.28. The van der Waals surface area contributed by atoms with Gasteiger partial charge >= 0.3 is 18.0 Å². The van der Waals surface area contributed by atoms with Crippen LogP contribution in [0.1, 0.15) is 60.9 Å². The molecule has 11 nitrogen and oxygen atoms in total. The van der Waals surface area contributed by atoms with Crippen molar-refractivity contribution in [3.63, 3.8) is 0 Å². The maximum absolute atomic E-state index is 14.7. The highest BCUT2D eigenvalue weighted by molar-refractivity contribution is 6.12. The van der Waals surface area contributed by atoms with Gasteiger partial charge in [0.25, 0.3) is 5.69 Å². The van der Waals surface area contributed by atoms with Crippen molar-refractivity contribution in [1.29, 1.82) is 0 Å². The van der Waals surface area contributed by atoms with Crippen molar-refractivity contribution in [2.24, 2.45) is 0 Å². The van der Waals surface area contributed by atoms with Crippen LogP contribution in [0, 0.1) is 21.7 Å². The van der Waals surface area contributed by atoms with Crippen LogP contribution < -0.4 is 4.90 Å². The molecule has 2 aromatic carbocycles. The first kappa shape index (κ1) is 30.7. The second kappa shape index (κ2) is 12.6. The zero-order valence-corrected chi connectivity index (χ0v) is 23.0. The number of carbonyl (C=O) groups excluding carboxylic acids is 3. The van der Waals surface area contributed by atoms with Crippen molar-refractivity contribution in [2.75, 3.05) is 18.1 Å². The Morgan fingerprint density at radius 2 is 1.51 bits per heavy atom. The molecule has 3 aromatic rings. The molecule has 1 heterocycles. The van der Waals surface area contributed by atoms with Gasteiger partial charge in [-0.1, -0.05) is 6.07 Å². The molecule has 41 heavy (non-hydrogen) atoms. The summed E-state index contributed by atoms with van der Waals surface area (Å²) in [5.74, 6) is -5.07. The number of nitrogens with zero attached hydrogens (tertiary/aromatic N) is 2. The predicted molar refractivity (Wildman–Crippen MR) is 141 cm³/mol. The van der Waals surface area contributed by atoms with Gasteiger partial charge in [0.2, 0.25) is 5.88 Å². The lowest BCUT2D eigenvalue weighted by atomic mass is 10.0. The summed E-state index contributed by atoms with van der Waals surface area (Å²) >= 11 is 0. The van der Waals surface area contributed by atoms with E-state index in [0.717, 1.165) is 30.3 Å². The summed E-state index contributed by atoms with van der Waals surface area (Å²) in [5, 5.41) is 11.2. The number of esters is 2. The Bertz CT molecular complexity index is 1440. The highest BCUT2D eigenvalue weighted by atomic mass is 19.1. The van der Waals surface area contributed by atoms with Gasteiger partial charge in [-0.3, -0.25) is 10.1 Å². The fourth-order valence-corrected chi connectivity index (χ4v) is 3.73. The maximum Gasteiger partial charge on any atom is 0.416 e. The van der Waals surface area contributed by atoms with Crippen molar-refractivity contribution in [1.82, 2.24) is 0 Å². The quantitative estimate of drug-likeness (QED) is 0.122. The minimum absolute atomic E-state index is 0.0931. The fourth-order valence-electron chi connectivity index (χ4n) is 3.73. The Morgan fingerprint density at radius 1 is 0.927 bits per heavy atom. The van der Waals surface area contributed by atoms with Gasteiger partial charge < -0.3 is 18.6 Å². The third kappa shape index (κ3) is 7.04. The van der Waals surface area contributed by atoms with Crippen molar-refractivity contribution >= 4 is 29.6 Å². The van der Waals surface area contributed by atoms with Crippen molar-refractivity contribution in [3.05, 3.63) is 80.9 Å². The molecule has 13 heteroatoms. The first-order valence-electron chi connectivity index (χ1n) is 12.5. The average molecular weight is 575 g/mol. The van der Waals surface area contributed by atoms with Gasteiger partial charge in [0.1, 0.15) is 28.4 Å². The number of amides is 1. The van der Waals surface area contributed by atoms with E-state index in [4.69, 9.17) is 18.6 Å². The Hall–Kier alpha value is -4.81. The van der Waals surface area contributed by atoms with Crippen LogP contribution in [-0.4, -0.2) is 41.8 Å². The largest absolute Gasteiger partial charge is 0.462 e. The number of benzene rings is 2. The van der Waals surface area contributed by atoms with Crippen molar-refractivity contribution < 1.29 is 46.7 Å². The highest BCUT2D eigenvalue weighted by Crippen LogP contribution is 2.40. The summed E-state index contributed by atoms with van der Waals surface area (Å²) in [6.45, 7) is 6.61. The molecule has 0 spiro atoms. The van der Waals surface area contributed by atoms with E-state index in [9.17, 15) is 33.3 Å². The highest BCUT2D eigenvalue weighted by Gasteiger charge is 2.39. The Kier molecular flexibility index (Phi) is 9.43. The number of nitro benzene ring substituents is 1. The number of nitro groups is 1. The first-order valence-corrected chi connectivity index (χ1v) is 12.5. The number of hydrogen-bond donors (Lipinski definition) is 0. The van der Waals surface area contributed by atoms with Crippen LogP contribution in [0.15, 0.2) is 46.9 Å². The summed E-state index contributed by atoms with van der Waals surface area (Å²) in [5.41, 5.74) is -2.85. The third-order valence-corrected chi connectivity index (χ3v) is 5.42. The summed E-state index contributed by atoms with van der Waals surface area (Å²) < 4.78 is 51.0. The normalized spacial score (nSPS) is 11.1. The lowest BCUT2D eigenvalue weighted by Gasteiger charge is -2.23. The van der Waals surface area contributed by atoms with Crippen LogP contribution in [0.3, 0.4) is 0 Å². The Morgan fingerprint density at radius 3 is 2.02 bits per heavy atom. The lowest BCUT2D eigenvalue weighted by Crippen LogP contribution is -2.34. The fraction of sp³-hybridized carbons (Fsp3) is 0.321. The monoisotopic (exact) mass is 574 g/mol. The number of rotatable bonds is 9. The van der Waals surface area contributed by atoms with E-state index >= 15 is 0 Å². The van der Waals surface area contributed by atoms with Crippen LogP contribution in [0.5, 0.6) is 0 Å². The van der Waals surface area contributed by atoms with Gasteiger partial charge in [0.15, 0.2) is 5.76 Å². The number of carbonyl (C=O) groups is 3. The summed E-state index contributed by atoms with van der Waals surface area (Å²) in [6, 6.07) is 7.87. The molecule has 0 aliphatic carbocycles. The molecule has 0 atom stereocenters. The SMILES string of the molecule is CCOC(=O)c1c(-c2ccc([N+](=O)[O-])cc2)oc(N(Cc2c(F)cccc2F)C(=O)OCC)c1C(=O)OC(C)(C)C. The molecule has 0 unspecified atom stereocenters. The summed E-state index contributed by atoms with van der Waals surface area (Å²) in [7, 11) is 0. The minimum Gasteiger partial charge on any atom is -0.462 e. The van der Waals surface area contributed by atoms with Crippen LogP contribution in [0.4, 0.5) is 25.1 Å². The van der Waals surface area contributed by atoms with E-state index in [1.165, 1.54) is 26.0 Å². The second-order valence-electron chi connectivity index (χ2n) is 9.50. The van der Waals surface area contributed by atoms with E-state index < -0.39 is 69.3 Å². The van der Waals surface area contributed by atoms with E-state index in [0.29, 0.717) is 4.90 Å². The Balaban J connectivity index is 2.38. The molecule has 0 bridgehead atoms. The molecule has 0 N–H and O–H groups in total.